The van der Waals surface area contributed by atoms with Gasteiger partial charge in [-0.25, -0.2) is 0 Å². The molecule has 0 spiro atoms. The van der Waals surface area contributed by atoms with E-state index in [9.17, 15) is 14.4 Å². The van der Waals surface area contributed by atoms with Gasteiger partial charge in [0.15, 0.2) is 6.10 Å². The molecule has 0 saturated carbocycles. The normalized spacial score (nSPS) is 12.4. The van der Waals surface area contributed by atoms with Crippen molar-refractivity contribution < 1.29 is 28.6 Å². The molecule has 0 aromatic carbocycles. The molecule has 0 heterocycles. The Hall–Kier alpha value is -2.89. The Morgan fingerprint density at radius 3 is 0.914 bits per heavy atom. The van der Waals surface area contributed by atoms with E-state index >= 15 is 0 Å². The Morgan fingerprint density at radius 1 is 0.300 bits per heavy atom. The molecule has 0 unspecified atom stereocenters. The molecule has 70 heavy (non-hydrogen) atoms. The number of carbonyl (C=O) groups excluding carboxylic acids is 3. The van der Waals surface area contributed by atoms with Crippen LogP contribution in [0.3, 0.4) is 0 Å². The molecule has 0 fully saturated rings. The molecule has 0 radical (unpaired) electrons. The van der Waals surface area contributed by atoms with Crippen molar-refractivity contribution in [3.8, 4) is 0 Å². The van der Waals surface area contributed by atoms with Gasteiger partial charge < -0.3 is 14.2 Å². The predicted molar refractivity (Wildman–Crippen MR) is 302 cm³/mol. The molecule has 6 nitrogen and oxygen atoms in total. The number of rotatable bonds is 55. The molecule has 0 aliphatic heterocycles. The second-order valence-electron chi connectivity index (χ2n) is 20.2. The third-order valence-electron chi connectivity index (χ3n) is 13.3. The van der Waals surface area contributed by atoms with E-state index in [0.29, 0.717) is 19.3 Å². The quantitative estimate of drug-likeness (QED) is 0.0261. The average Bonchev–Trinajstić information content (AvgIpc) is 3.36. The molecule has 0 bridgehead atoms. The standard InChI is InChI=1S/C64H114O6/c1-4-7-10-13-16-19-22-25-28-30-32-34-36-39-42-45-48-51-54-57-63(66)69-60-61(59-68-62(65)56-53-50-47-44-41-38-35-27-24-21-18-15-12-9-6-3)70-64(67)58-55-52-49-46-43-40-37-33-31-29-26-23-20-17-14-11-8-5-2/h9,12,18,21,27,30,32,35,41,44,61H,4-8,10-11,13-17,19-20,22-26,28-29,31,33-34,36-40,42-43,45-60H2,1-3H3/b12-9-,21-18-,32-30-,35-27-,44-41-/t61-/m1/s1. The van der Waals surface area contributed by atoms with Crippen LogP contribution in [-0.2, 0) is 28.6 Å². The van der Waals surface area contributed by atoms with Crippen molar-refractivity contribution in [2.45, 2.75) is 316 Å². The molecule has 0 amide bonds. The van der Waals surface area contributed by atoms with Crippen LogP contribution in [0.5, 0.6) is 0 Å². The lowest BCUT2D eigenvalue weighted by Gasteiger charge is -2.18. The van der Waals surface area contributed by atoms with E-state index in [0.717, 1.165) is 83.5 Å². The van der Waals surface area contributed by atoms with Crippen molar-refractivity contribution >= 4 is 17.9 Å². The average molecular weight is 980 g/mol. The van der Waals surface area contributed by atoms with Crippen molar-refractivity contribution in [2.75, 3.05) is 13.2 Å². The highest BCUT2D eigenvalue weighted by Gasteiger charge is 2.19. The highest BCUT2D eigenvalue weighted by molar-refractivity contribution is 5.71. The van der Waals surface area contributed by atoms with E-state index in [4.69, 9.17) is 14.2 Å². The van der Waals surface area contributed by atoms with Gasteiger partial charge in [-0.2, -0.15) is 0 Å². The van der Waals surface area contributed by atoms with E-state index in [-0.39, 0.29) is 31.1 Å². The smallest absolute Gasteiger partial charge is 0.306 e. The monoisotopic (exact) mass is 979 g/mol. The summed E-state index contributed by atoms with van der Waals surface area (Å²) >= 11 is 0. The van der Waals surface area contributed by atoms with Gasteiger partial charge in [0.25, 0.3) is 0 Å². The molecule has 0 aliphatic rings. The fourth-order valence-electron chi connectivity index (χ4n) is 8.72. The fourth-order valence-corrected chi connectivity index (χ4v) is 8.72. The highest BCUT2D eigenvalue weighted by Crippen LogP contribution is 2.17. The lowest BCUT2D eigenvalue weighted by Crippen LogP contribution is -2.30. The van der Waals surface area contributed by atoms with Gasteiger partial charge >= 0.3 is 17.9 Å². The molecule has 6 heteroatoms. The van der Waals surface area contributed by atoms with Gasteiger partial charge in [0.05, 0.1) is 0 Å². The van der Waals surface area contributed by atoms with Crippen LogP contribution in [0.1, 0.15) is 310 Å². The van der Waals surface area contributed by atoms with E-state index in [2.05, 4.69) is 81.5 Å². The summed E-state index contributed by atoms with van der Waals surface area (Å²) in [7, 11) is 0. The Labute approximate surface area is 434 Å². The molecule has 0 rings (SSSR count). The van der Waals surface area contributed by atoms with Crippen LogP contribution in [0.4, 0.5) is 0 Å². The topological polar surface area (TPSA) is 78.9 Å². The zero-order valence-electron chi connectivity index (χ0n) is 46.5. The largest absolute Gasteiger partial charge is 0.462 e. The van der Waals surface area contributed by atoms with Crippen molar-refractivity contribution in [2.24, 2.45) is 0 Å². The van der Waals surface area contributed by atoms with Crippen LogP contribution < -0.4 is 0 Å². The molecule has 1 atom stereocenters. The highest BCUT2D eigenvalue weighted by atomic mass is 16.6. The first-order valence-electron chi connectivity index (χ1n) is 30.3. The molecule has 0 saturated heterocycles. The molecular weight excluding hydrogens is 865 g/mol. The van der Waals surface area contributed by atoms with Crippen LogP contribution in [0.2, 0.25) is 0 Å². The van der Waals surface area contributed by atoms with Gasteiger partial charge in [-0.1, -0.05) is 268 Å². The van der Waals surface area contributed by atoms with E-state index in [1.165, 1.54) is 186 Å². The molecule has 0 aromatic heterocycles. The van der Waals surface area contributed by atoms with E-state index in [1.807, 2.05) is 0 Å². The van der Waals surface area contributed by atoms with Crippen molar-refractivity contribution in [3.63, 3.8) is 0 Å². The summed E-state index contributed by atoms with van der Waals surface area (Å²) in [5.41, 5.74) is 0. The molecular formula is C64H114O6. The molecule has 0 N–H and O–H groups in total. The summed E-state index contributed by atoms with van der Waals surface area (Å²) in [6.45, 7) is 6.53. The third-order valence-corrected chi connectivity index (χ3v) is 13.3. The summed E-state index contributed by atoms with van der Waals surface area (Å²) < 4.78 is 16.9. The SMILES string of the molecule is CC/C=C\C/C=C\C/C=C\C/C=C\CCCCC(=O)OC[C@H](COC(=O)CCCCCCCCC/C=C\CCCCCCCCCC)OC(=O)CCCCCCCCCCCCCCCCCCCC. The van der Waals surface area contributed by atoms with Crippen LogP contribution in [0, 0.1) is 0 Å². The number of unbranched alkanes of at least 4 members (excludes halogenated alkanes) is 34. The zero-order chi connectivity index (χ0) is 50.7. The third kappa shape index (κ3) is 56.0. The number of hydrogen-bond donors (Lipinski definition) is 0. The zero-order valence-corrected chi connectivity index (χ0v) is 46.5. The number of esters is 3. The number of hydrogen-bond acceptors (Lipinski definition) is 6. The van der Waals surface area contributed by atoms with Gasteiger partial charge in [-0.05, 0) is 83.5 Å². The van der Waals surface area contributed by atoms with Gasteiger partial charge in [0.2, 0.25) is 0 Å². The summed E-state index contributed by atoms with van der Waals surface area (Å²) in [6.07, 6.45) is 73.6. The van der Waals surface area contributed by atoms with Crippen LogP contribution >= 0.6 is 0 Å². The fraction of sp³-hybridized carbons (Fsp3) is 0.797. The molecule has 0 aromatic rings. The van der Waals surface area contributed by atoms with Crippen molar-refractivity contribution in [1.82, 2.24) is 0 Å². The number of ether oxygens (including phenoxy) is 3. The van der Waals surface area contributed by atoms with Gasteiger partial charge in [0, 0.05) is 19.3 Å². The lowest BCUT2D eigenvalue weighted by molar-refractivity contribution is -0.167. The second-order valence-corrected chi connectivity index (χ2v) is 20.2. The van der Waals surface area contributed by atoms with E-state index < -0.39 is 6.10 Å². The number of carbonyl (C=O) groups is 3. The Kier molecular flexibility index (Phi) is 56.3. The minimum absolute atomic E-state index is 0.0869. The lowest BCUT2D eigenvalue weighted by atomic mass is 10.0. The minimum atomic E-state index is -0.791. The Bertz CT molecular complexity index is 1260. The Morgan fingerprint density at radius 2 is 0.557 bits per heavy atom. The summed E-state index contributed by atoms with van der Waals surface area (Å²) in [5, 5.41) is 0. The molecule has 406 valence electrons. The summed E-state index contributed by atoms with van der Waals surface area (Å²) in [6, 6.07) is 0. The molecule has 0 aliphatic carbocycles. The summed E-state index contributed by atoms with van der Waals surface area (Å²) in [4.78, 5) is 38.2. The first-order chi connectivity index (χ1) is 34.5. The van der Waals surface area contributed by atoms with Gasteiger partial charge in [0.1, 0.15) is 13.2 Å². The first-order valence-corrected chi connectivity index (χ1v) is 30.3. The second kappa shape index (κ2) is 58.7. The summed E-state index contributed by atoms with van der Waals surface area (Å²) in [5.74, 6) is -0.918. The van der Waals surface area contributed by atoms with Crippen molar-refractivity contribution in [3.05, 3.63) is 60.8 Å². The van der Waals surface area contributed by atoms with Crippen LogP contribution in [0.15, 0.2) is 60.8 Å². The maximum atomic E-state index is 12.9. The van der Waals surface area contributed by atoms with Gasteiger partial charge in [-0.3, -0.25) is 14.4 Å². The van der Waals surface area contributed by atoms with E-state index in [1.54, 1.807) is 0 Å². The van der Waals surface area contributed by atoms with Crippen LogP contribution in [0.25, 0.3) is 0 Å². The maximum absolute atomic E-state index is 12.9. The predicted octanol–water partition coefficient (Wildman–Crippen LogP) is 20.4. The van der Waals surface area contributed by atoms with Gasteiger partial charge in [-0.15, -0.1) is 0 Å². The Balaban J connectivity index is 4.39. The minimum Gasteiger partial charge on any atom is -0.462 e. The number of allylic oxidation sites excluding steroid dienone is 10. The van der Waals surface area contributed by atoms with Crippen molar-refractivity contribution in [1.29, 1.82) is 0 Å². The maximum Gasteiger partial charge on any atom is 0.306 e. The van der Waals surface area contributed by atoms with Crippen LogP contribution in [-0.4, -0.2) is 37.2 Å². The first kappa shape index (κ1) is 67.1.